The van der Waals surface area contributed by atoms with Gasteiger partial charge in [-0.1, -0.05) is 0 Å². The molecule has 2 aliphatic carbocycles. The van der Waals surface area contributed by atoms with Crippen LogP contribution >= 0.6 is 0 Å². The van der Waals surface area contributed by atoms with Gasteiger partial charge in [-0.3, -0.25) is 4.79 Å². The second kappa shape index (κ2) is 4.25. The Hall–Kier alpha value is -0.530. The second-order valence-corrected chi connectivity index (χ2v) is 5.46. The molecule has 6 nitrogen and oxygen atoms in total. The molecule has 1 aliphatic heterocycles. The summed E-state index contributed by atoms with van der Waals surface area (Å²) in [5.74, 6) is -0.668. The molecule has 0 amide bonds. The van der Waals surface area contributed by atoms with Crippen molar-refractivity contribution in [2.75, 3.05) is 13.7 Å². The van der Waals surface area contributed by atoms with Crippen LogP contribution in [0.4, 0.5) is 0 Å². The van der Waals surface area contributed by atoms with E-state index in [0.29, 0.717) is 5.41 Å². The molecule has 102 valence electrons. The Bertz CT molecular complexity index is 352. The third kappa shape index (κ3) is 1.98. The van der Waals surface area contributed by atoms with Crippen LogP contribution in [-0.4, -0.2) is 60.4 Å². The average Bonchev–Trinajstić information content (AvgIpc) is 3.27. The maximum atomic E-state index is 11.6. The summed E-state index contributed by atoms with van der Waals surface area (Å²) < 4.78 is 15.8. The van der Waals surface area contributed by atoms with E-state index >= 15 is 0 Å². The van der Waals surface area contributed by atoms with Crippen LogP contribution in [0.2, 0.25) is 0 Å². The van der Waals surface area contributed by atoms with E-state index in [1.807, 2.05) is 0 Å². The highest BCUT2D eigenvalue weighted by Crippen LogP contribution is 2.67. The summed E-state index contributed by atoms with van der Waals surface area (Å²) >= 11 is 0. The van der Waals surface area contributed by atoms with Crippen molar-refractivity contribution in [3.63, 3.8) is 0 Å². The van der Waals surface area contributed by atoms with E-state index in [9.17, 15) is 15.0 Å². The Kier molecular flexibility index (Phi) is 2.95. The molecule has 18 heavy (non-hydrogen) atoms. The second-order valence-electron chi connectivity index (χ2n) is 5.46. The fourth-order valence-corrected chi connectivity index (χ4v) is 2.57. The van der Waals surface area contributed by atoms with Crippen molar-refractivity contribution in [2.24, 2.45) is 5.41 Å². The summed E-state index contributed by atoms with van der Waals surface area (Å²) in [6.07, 6.45) is -0.826. The minimum absolute atomic E-state index is 0.159. The highest BCUT2D eigenvalue weighted by Gasteiger charge is 2.64. The topological polar surface area (TPSA) is 85.2 Å². The molecule has 1 saturated heterocycles. The molecular weight excluding hydrogens is 240 g/mol. The molecule has 3 fully saturated rings. The van der Waals surface area contributed by atoms with Gasteiger partial charge < -0.3 is 24.4 Å². The maximum Gasteiger partial charge on any atom is 0.197 e. The van der Waals surface area contributed by atoms with E-state index in [0.717, 1.165) is 6.42 Å². The summed E-state index contributed by atoms with van der Waals surface area (Å²) in [4.78, 5) is 11.6. The molecule has 1 spiro atoms. The van der Waals surface area contributed by atoms with Crippen molar-refractivity contribution in [3.05, 3.63) is 0 Å². The molecule has 3 aliphatic rings. The van der Waals surface area contributed by atoms with Crippen LogP contribution in [0.15, 0.2) is 0 Å². The standard InChI is InChI=1S/C12H18O6/c1-16-11-10(15)9(14)8(13)6(18-11)5-17-7-4-12(7)2-3-12/h6-8,10-11,13,15H,2-5H2,1H3/t6?,7?,8-,10-,11-/m1/s1. The summed E-state index contributed by atoms with van der Waals surface area (Å²) in [5.41, 5.74) is 0.407. The van der Waals surface area contributed by atoms with Gasteiger partial charge >= 0.3 is 0 Å². The van der Waals surface area contributed by atoms with Crippen molar-refractivity contribution in [1.29, 1.82) is 0 Å². The average molecular weight is 258 g/mol. The summed E-state index contributed by atoms with van der Waals surface area (Å²) in [6.45, 7) is 0.159. The number of carbonyl (C=O) groups is 1. The molecule has 1 heterocycles. The number of hydrogen-bond donors (Lipinski definition) is 2. The number of carbonyl (C=O) groups excluding carboxylic acids is 1. The van der Waals surface area contributed by atoms with Crippen LogP contribution in [0.3, 0.4) is 0 Å². The molecule has 0 aromatic rings. The van der Waals surface area contributed by atoms with E-state index in [2.05, 4.69) is 0 Å². The SMILES string of the molecule is CO[C@@H]1OC(COC2CC23CC3)[C@@H](O)C(=O)[C@H]1O. The smallest absolute Gasteiger partial charge is 0.197 e. The quantitative estimate of drug-likeness (QED) is 0.688. The zero-order chi connectivity index (χ0) is 12.9. The van der Waals surface area contributed by atoms with E-state index in [-0.39, 0.29) is 12.7 Å². The summed E-state index contributed by atoms with van der Waals surface area (Å²) in [5, 5.41) is 19.2. The lowest BCUT2D eigenvalue weighted by atomic mass is 10.0. The van der Waals surface area contributed by atoms with Gasteiger partial charge in [0.1, 0.15) is 12.2 Å². The van der Waals surface area contributed by atoms with E-state index in [4.69, 9.17) is 14.2 Å². The minimum Gasteiger partial charge on any atom is -0.382 e. The Labute approximate surface area is 105 Å². The highest BCUT2D eigenvalue weighted by molar-refractivity contribution is 5.88. The highest BCUT2D eigenvalue weighted by atomic mass is 16.7. The van der Waals surface area contributed by atoms with Crippen LogP contribution in [0.25, 0.3) is 0 Å². The molecule has 6 heteroatoms. The van der Waals surface area contributed by atoms with Gasteiger partial charge in [-0.15, -0.1) is 0 Å². The molecule has 2 N–H and O–H groups in total. The number of Topliss-reactive ketones (excluding diaryl/α,β-unsaturated/α-hetero) is 1. The van der Waals surface area contributed by atoms with Crippen molar-refractivity contribution in [1.82, 2.24) is 0 Å². The normalized spacial score (nSPS) is 45.3. The number of aliphatic hydroxyl groups is 2. The largest absolute Gasteiger partial charge is 0.382 e. The van der Waals surface area contributed by atoms with Gasteiger partial charge in [-0.05, 0) is 24.7 Å². The Morgan fingerprint density at radius 2 is 2.11 bits per heavy atom. The van der Waals surface area contributed by atoms with Crippen molar-refractivity contribution in [3.8, 4) is 0 Å². The third-order valence-corrected chi connectivity index (χ3v) is 4.20. The van der Waals surface area contributed by atoms with Gasteiger partial charge in [0.2, 0.25) is 0 Å². The van der Waals surface area contributed by atoms with E-state index in [1.54, 1.807) is 0 Å². The minimum atomic E-state index is -1.43. The van der Waals surface area contributed by atoms with E-state index in [1.165, 1.54) is 20.0 Å². The van der Waals surface area contributed by atoms with Gasteiger partial charge in [-0.2, -0.15) is 0 Å². The van der Waals surface area contributed by atoms with Crippen LogP contribution in [0.1, 0.15) is 19.3 Å². The first kappa shape index (κ1) is 12.5. The van der Waals surface area contributed by atoms with Gasteiger partial charge in [0.05, 0.1) is 12.7 Å². The first-order valence-corrected chi connectivity index (χ1v) is 6.27. The lowest BCUT2D eigenvalue weighted by molar-refractivity contribution is -0.250. The molecule has 3 rings (SSSR count). The number of aliphatic hydroxyl groups excluding tert-OH is 2. The number of ether oxygens (including phenoxy) is 3. The third-order valence-electron chi connectivity index (χ3n) is 4.20. The first-order valence-electron chi connectivity index (χ1n) is 6.27. The Morgan fingerprint density at radius 1 is 1.39 bits per heavy atom. The number of ketones is 1. The van der Waals surface area contributed by atoms with Crippen molar-refractivity contribution >= 4 is 5.78 Å². The van der Waals surface area contributed by atoms with Gasteiger partial charge in [0.25, 0.3) is 0 Å². The fraction of sp³-hybridized carbons (Fsp3) is 0.917. The van der Waals surface area contributed by atoms with Gasteiger partial charge in [-0.25, -0.2) is 0 Å². The molecule has 0 radical (unpaired) electrons. The molecule has 5 atom stereocenters. The van der Waals surface area contributed by atoms with Crippen LogP contribution < -0.4 is 0 Å². The zero-order valence-electron chi connectivity index (χ0n) is 10.2. The molecule has 2 saturated carbocycles. The predicted octanol–water partition coefficient (Wildman–Crippen LogP) is -0.782. The monoisotopic (exact) mass is 258 g/mol. The first-order chi connectivity index (χ1) is 8.57. The Morgan fingerprint density at radius 3 is 2.67 bits per heavy atom. The zero-order valence-corrected chi connectivity index (χ0v) is 10.2. The number of rotatable bonds is 4. The molecule has 0 aromatic carbocycles. The summed E-state index contributed by atoms with van der Waals surface area (Å²) in [6, 6.07) is 0. The molecule has 2 unspecified atom stereocenters. The molecule has 0 bridgehead atoms. The fourth-order valence-electron chi connectivity index (χ4n) is 2.57. The lowest BCUT2D eigenvalue weighted by Gasteiger charge is -2.34. The van der Waals surface area contributed by atoms with Crippen LogP contribution in [0, 0.1) is 5.41 Å². The van der Waals surface area contributed by atoms with Gasteiger partial charge in [0.15, 0.2) is 18.2 Å². The predicted molar refractivity (Wildman–Crippen MR) is 58.7 cm³/mol. The van der Waals surface area contributed by atoms with Gasteiger partial charge in [0, 0.05) is 7.11 Å². The summed E-state index contributed by atoms with van der Waals surface area (Å²) in [7, 11) is 1.34. The Balaban J connectivity index is 1.55. The van der Waals surface area contributed by atoms with Crippen LogP contribution in [-0.2, 0) is 19.0 Å². The van der Waals surface area contributed by atoms with Crippen molar-refractivity contribution < 1.29 is 29.2 Å². The molecular formula is C12H18O6. The lowest BCUT2D eigenvalue weighted by Crippen LogP contribution is -2.56. The maximum absolute atomic E-state index is 11.6. The van der Waals surface area contributed by atoms with Crippen molar-refractivity contribution in [2.45, 2.75) is 50.0 Å². The van der Waals surface area contributed by atoms with E-state index < -0.39 is 30.4 Å². The number of methoxy groups -OCH3 is 1. The molecule has 0 aromatic heterocycles. The van der Waals surface area contributed by atoms with Crippen LogP contribution in [0.5, 0.6) is 0 Å². The number of hydrogen-bond acceptors (Lipinski definition) is 6.